The monoisotopic (exact) mass is 499 g/mol. The Balaban J connectivity index is 0. The molecule has 0 heterocycles. The van der Waals surface area contributed by atoms with Gasteiger partial charge in [-0.05, 0) is 26.7 Å². The van der Waals surface area contributed by atoms with Crippen molar-refractivity contribution in [2.75, 3.05) is 0 Å². The SMILES string of the molecule is CCCCCCCCCCCCCCC(C)O.CCCCCCCCCCCCCCCC(C)O. The first kappa shape index (κ1) is 37.1. The second-order valence-corrected chi connectivity index (χ2v) is 11.4. The molecule has 2 N–H and O–H groups in total. The zero-order chi connectivity index (χ0) is 26.2. The molecule has 35 heavy (non-hydrogen) atoms. The fourth-order valence-electron chi connectivity index (χ4n) is 4.74. The van der Waals surface area contributed by atoms with Crippen LogP contribution in [0.2, 0.25) is 0 Å². The van der Waals surface area contributed by atoms with E-state index in [2.05, 4.69) is 13.8 Å². The zero-order valence-corrected chi connectivity index (χ0v) is 25.1. The Bertz CT molecular complexity index is 340. The van der Waals surface area contributed by atoms with Crippen LogP contribution < -0.4 is 0 Å². The molecule has 0 bridgehead atoms. The molecular formula is C33H70O2. The van der Waals surface area contributed by atoms with E-state index in [9.17, 15) is 0 Å². The molecule has 2 unspecified atom stereocenters. The van der Waals surface area contributed by atoms with E-state index in [1.165, 1.54) is 161 Å². The predicted octanol–water partition coefficient (Wildman–Crippen LogP) is 11.3. The molecule has 2 nitrogen and oxygen atoms in total. The maximum atomic E-state index is 9.13. The van der Waals surface area contributed by atoms with Crippen LogP contribution in [-0.4, -0.2) is 22.4 Å². The highest BCUT2D eigenvalue weighted by molar-refractivity contribution is 4.52. The van der Waals surface area contributed by atoms with Crippen molar-refractivity contribution in [1.82, 2.24) is 0 Å². The van der Waals surface area contributed by atoms with E-state index in [1.807, 2.05) is 13.8 Å². The molecule has 0 aromatic rings. The van der Waals surface area contributed by atoms with Crippen molar-refractivity contribution in [3.63, 3.8) is 0 Å². The Morgan fingerprint density at radius 3 is 0.657 bits per heavy atom. The van der Waals surface area contributed by atoms with Gasteiger partial charge in [0.2, 0.25) is 0 Å². The average Bonchev–Trinajstić information content (AvgIpc) is 2.83. The standard InChI is InChI=1S/C17H36O.C16H34O/c1-3-4-5-6-7-8-9-10-11-12-13-14-15-16-17(2)18;1-3-4-5-6-7-8-9-10-11-12-13-14-15-16(2)17/h17-18H,3-16H2,1-2H3;16-17H,3-15H2,1-2H3. The second kappa shape index (κ2) is 33.9. The van der Waals surface area contributed by atoms with E-state index in [-0.39, 0.29) is 12.2 Å². The van der Waals surface area contributed by atoms with Gasteiger partial charge in [-0.2, -0.15) is 0 Å². The molecule has 0 amide bonds. The minimum absolute atomic E-state index is 0.0990. The third-order valence-corrected chi connectivity index (χ3v) is 7.20. The molecule has 0 aliphatic rings. The fraction of sp³-hybridized carbons (Fsp3) is 1.00. The van der Waals surface area contributed by atoms with E-state index >= 15 is 0 Å². The van der Waals surface area contributed by atoms with Crippen molar-refractivity contribution >= 4 is 0 Å². The normalized spacial score (nSPS) is 12.9. The lowest BCUT2D eigenvalue weighted by molar-refractivity contribution is 0.180. The highest BCUT2D eigenvalue weighted by Gasteiger charge is 1.97. The molecule has 0 radical (unpaired) electrons. The molecule has 0 fully saturated rings. The quantitative estimate of drug-likeness (QED) is 0.110. The zero-order valence-electron chi connectivity index (χ0n) is 25.1. The van der Waals surface area contributed by atoms with Crippen LogP contribution in [0.4, 0.5) is 0 Å². The summed E-state index contributed by atoms with van der Waals surface area (Å²) in [6, 6.07) is 0. The molecule has 2 heteroatoms. The summed E-state index contributed by atoms with van der Waals surface area (Å²) in [4.78, 5) is 0. The van der Waals surface area contributed by atoms with Crippen LogP contribution in [0.1, 0.15) is 201 Å². The predicted molar refractivity (Wildman–Crippen MR) is 159 cm³/mol. The van der Waals surface area contributed by atoms with E-state index in [1.54, 1.807) is 0 Å². The van der Waals surface area contributed by atoms with Crippen LogP contribution in [0.25, 0.3) is 0 Å². The van der Waals surface area contributed by atoms with Crippen molar-refractivity contribution in [2.45, 2.75) is 213 Å². The Morgan fingerprint density at radius 2 is 0.486 bits per heavy atom. The van der Waals surface area contributed by atoms with Crippen molar-refractivity contribution in [1.29, 1.82) is 0 Å². The van der Waals surface area contributed by atoms with Gasteiger partial charge in [-0.3, -0.25) is 0 Å². The summed E-state index contributed by atoms with van der Waals surface area (Å²) >= 11 is 0. The van der Waals surface area contributed by atoms with Crippen molar-refractivity contribution in [2.24, 2.45) is 0 Å². The molecular weight excluding hydrogens is 428 g/mol. The van der Waals surface area contributed by atoms with Crippen LogP contribution in [0, 0.1) is 0 Å². The molecule has 0 saturated heterocycles. The first-order chi connectivity index (χ1) is 17.0. The van der Waals surface area contributed by atoms with Crippen molar-refractivity contribution in [3.05, 3.63) is 0 Å². The maximum absolute atomic E-state index is 9.13. The average molecular weight is 499 g/mol. The molecule has 0 aliphatic heterocycles. The number of rotatable bonds is 27. The van der Waals surface area contributed by atoms with Gasteiger partial charge in [-0.15, -0.1) is 0 Å². The van der Waals surface area contributed by atoms with Gasteiger partial charge in [0.15, 0.2) is 0 Å². The highest BCUT2D eigenvalue weighted by Crippen LogP contribution is 2.14. The number of aliphatic hydroxyl groups is 2. The van der Waals surface area contributed by atoms with E-state index in [0.717, 1.165) is 12.8 Å². The molecule has 0 aliphatic carbocycles. The van der Waals surface area contributed by atoms with Crippen molar-refractivity contribution < 1.29 is 10.2 Å². The molecule has 2 atom stereocenters. The molecule has 0 aromatic heterocycles. The van der Waals surface area contributed by atoms with Crippen LogP contribution in [0.5, 0.6) is 0 Å². The molecule has 0 aromatic carbocycles. The van der Waals surface area contributed by atoms with Gasteiger partial charge in [0.1, 0.15) is 0 Å². The van der Waals surface area contributed by atoms with Crippen LogP contribution in [0.3, 0.4) is 0 Å². The minimum atomic E-state index is -0.0993. The Labute approximate surface area is 223 Å². The van der Waals surface area contributed by atoms with Gasteiger partial charge < -0.3 is 10.2 Å². The topological polar surface area (TPSA) is 40.5 Å². The van der Waals surface area contributed by atoms with E-state index < -0.39 is 0 Å². The number of unbranched alkanes of at least 4 members (excludes halogenated alkanes) is 23. The number of hydrogen-bond donors (Lipinski definition) is 2. The lowest BCUT2D eigenvalue weighted by atomic mass is 10.0. The highest BCUT2D eigenvalue weighted by atomic mass is 16.3. The van der Waals surface area contributed by atoms with E-state index in [0.29, 0.717) is 0 Å². The fourth-order valence-corrected chi connectivity index (χ4v) is 4.74. The first-order valence-electron chi connectivity index (χ1n) is 16.4. The second-order valence-electron chi connectivity index (χ2n) is 11.4. The summed E-state index contributed by atoms with van der Waals surface area (Å²) < 4.78 is 0. The lowest BCUT2D eigenvalue weighted by Gasteiger charge is -2.04. The van der Waals surface area contributed by atoms with Gasteiger partial charge in [0.05, 0.1) is 12.2 Å². The minimum Gasteiger partial charge on any atom is -0.393 e. The molecule has 0 spiro atoms. The number of hydrogen-bond acceptors (Lipinski definition) is 2. The van der Waals surface area contributed by atoms with Crippen LogP contribution in [0.15, 0.2) is 0 Å². The molecule has 214 valence electrons. The Hall–Kier alpha value is -0.0800. The Morgan fingerprint density at radius 1 is 0.314 bits per heavy atom. The first-order valence-corrected chi connectivity index (χ1v) is 16.4. The smallest absolute Gasteiger partial charge is 0.0512 e. The van der Waals surface area contributed by atoms with Crippen LogP contribution in [-0.2, 0) is 0 Å². The summed E-state index contributed by atoms with van der Waals surface area (Å²) in [6.07, 6.45) is 36.6. The van der Waals surface area contributed by atoms with E-state index in [4.69, 9.17) is 10.2 Å². The van der Waals surface area contributed by atoms with Crippen LogP contribution >= 0.6 is 0 Å². The largest absolute Gasteiger partial charge is 0.393 e. The summed E-state index contributed by atoms with van der Waals surface area (Å²) in [5.41, 5.74) is 0. The third kappa shape index (κ3) is 41.3. The number of aliphatic hydroxyl groups excluding tert-OH is 2. The summed E-state index contributed by atoms with van der Waals surface area (Å²) in [7, 11) is 0. The van der Waals surface area contributed by atoms with Gasteiger partial charge >= 0.3 is 0 Å². The van der Waals surface area contributed by atoms with Crippen molar-refractivity contribution in [3.8, 4) is 0 Å². The summed E-state index contributed by atoms with van der Waals surface area (Å²) in [5.74, 6) is 0. The summed E-state index contributed by atoms with van der Waals surface area (Å²) in [6.45, 7) is 8.33. The molecule has 0 rings (SSSR count). The molecule has 0 saturated carbocycles. The van der Waals surface area contributed by atoms with Gasteiger partial charge in [0.25, 0.3) is 0 Å². The maximum Gasteiger partial charge on any atom is 0.0512 e. The van der Waals surface area contributed by atoms with Gasteiger partial charge in [-0.1, -0.05) is 174 Å². The summed E-state index contributed by atoms with van der Waals surface area (Å²) in [5, 5.41) is 18.2. The van der Waals surface area contributed by atoms with Gasteiger partial charge in [0, 0.05) is 0 Å². The lowest BCUT2D eigenvalue weighted by Crippen LogP contribution is -1.98. The third-order valence-electron chi connectivity index (χ3n) is 7.20. The van der Waals surface area contributed by atoms with Gasteiger partial charge in [-0.25, -0.2) is 0 Å². The Kier molecular flexibility index (Phi) is 35.9.